The van der Waals surface area contributed by atoms with Gasteiger partial charge in [0.05, 0.1) is 46.8 Å². The zero-order valence-electron chi connectivity index (χ0n) is 20.2. The molecule has 8 heteroatoms. The van der Waals surface area contributed by atoms with Crippen LogP contribution in [0.5, 0.6) is 11.5 Å². The van der Waals surface area contributed by atoms with Gasteiger partial charge in [0.15, 0.2) is 11.6 Å². The summed E-state index contributed by atoms with van der Waals surface area (Å²) in [6.45, 7) is 5.13. The monoisotopic (exact) mass is 468 g/mol. The molecule has 0 saturated carbocycles. The lowest BCUT2D eigenvalue weighted by Gasteiger charge is -2.25. The minimum atomic E-state index is -0.508. The van der Waals surface area contributed by atoms with Gasteiger partial charge in [-0.1, -0.05) is 52.4 Å². The highest BCUT2D eigenvalue weighted by Gasteiger charge is 2.38. The second-order valence-electron chi connectivity index (χ2n) is 8.73. The number of carbonyl (C=O) groups is 2. The van der Waals surface area contributed by atoms with Gasteiger partial charge in [-0.25, -0.2) is 0 Å². The first kappa shape index (κ1) is 25.2. The van der Waals surface area contributed by atoms with Crippen LogP contribution in [-0.4, -0.2) is 24.8 Å². The standard InChI is InChI=1S/C26H36N4O4/c1-3-5-7-9-11-33-17-13-15(27)19-21(23(17)29)26(32)22-20(25(19)31)16(28)14-18(24(22)30)34-12-10-8-6-4-2/h13-14H,3-12,27-30H2,1-2H3. The maximum atomic E-state index is 13.6. The molecule has 184 valence electrons. The molecule has 0 saturated heterocycles. The molecule has 0 heterocycles. The van der Waals surface area contributed by atoms with Gasteiger partial charge in [0, 0.05) is 23.5 Å². The lowest BCUT2D eigenvalue weighted by Crippen LogP contribution is -2.27. The van der Waals surface area contributed by atoms with Crippen molar-refractivity contribution in [2.75, 3.05) is 36.1 Å². The van der Waals surface area contributed by atoms with E-state index in [-0.39, 0.29) is 56.5 Å². The molecule has 8 nitrogen and oxygen atoms in total. The van der Waals surface area contributed by atoms with E-state index in [1.165, 1.54) is 12.1 Å². The maximum Gasteiger partial charge on any atom is 0.199 e. The Morgan fingerprint density at radius 2 is 0.971 bits per heavy atom. The molecule has 0 unspecified atom stereocenters. The number of hydrogen-bond donors (Lipinski definition) is 4. The number of anilines is 4. The summed E-state index contributed by atoms with van der Waals surface area (Å²) in [6.07, 6.45) is 8.19. The summed E-state index contributed by atoms with van der Waals surface area (Å²) in [5.74, 6) is -0.424. The molecule has 0 amide bonds. The topological polar surface area (TPSA) is 157 Å². The van der Waals surface area contributed by atoms with Crippen LogP contribution in [0, 0.1) is 0 Å². The number of ether oxygens (including phenoxy) is 2. The fourth-order valence-electron chi connectivity index (χ4n) is 4.26. The van der Waals surface area contributed by atoms with E-state index in [2.05, 4.69) is 13.8 Å². The maximum absolute atomic E-state index is 13.6. The third-order valence-electron chi connectivity index (χ3n) is 6.14. The molecule has 0 aromatic heterocycles. The van der Waals surface area contributed by atoms with Crippen molar-refractivity contribution in [1.82, 2.24) is 0 Å². The average molecular weight is 469 g/mol. The third kappa shape index (κ3) is 4.90. The highest BCUT2D eigenvalue weighted by Crippen LogP contribution is 2.44. The Morgan fingerprint density at radius 3 is 1.35 bits per heavy atom. The molecule has 34 heavy (non-hydrogen) atoms. The van der Waals surface area contributed by atoms with Crippen molar-refractivity contribution < 1.29 is 19.1 Å². The molecular weight excluding hydrogens is 432 g/mol. The van der Waals surface area contributed by atoms with Gasteiger partial charge >= 0.3 is 0 Å². The zero-order valence-corrected chi connectivity index (χ0v) is 20.2. The molecule has 0 spiro atoms. The van der Waals surface area contributed by atoms with Gasteiger partial charge in [0.25, 0.3) is 0 Å². The van der Waals surface area contributed by atoms with Crippen LogP contribution in [0.15, 0.2) is 12.1 Å². The molecule has 1 aliphatic rings. The van der Waals surface area contributed by atoms with Crippen LogP contribution >= 0.6 is 0 Å². The number of nitrogens with two attached hydrogens (primary N) is 4. The van der Waals surface area contributed by atoms with Crippen molar-refractivity contribution in [2.45, 2.75) is 65.2 Å². The van der Waals surface area contributed by atoms with E-state index in [0.29, 0.717) is 13.2 Å². The summed E-state index contributed by atoms with van der Waals surface area (Å²) in [6, 6.07) is 3.00. The molecule has 1 aliphatic carbocycles. The molecule has 8 N–H and O–H groups in total. The molecule has 2 aromatic carbocycles. The summed E-state index contributed by atoms with van der Waals surface area (Å²) < 4.78 is 11.6. The number of ketones is 2. The van der Waals surface area contributed by atoms with Gasteiger partial charge in [-0.05, 0) is 12.8 Å². The summed E-state index contributed by atoms with van der Waals surface area (Å²) in [5, 5.41) is 0. The zero-order chi connectivity index (χ0) is 24.8. The van der Waals surface area contributed by atoms with Crippen LogP contribution < -0.4 is 32.4 Å². The minimum absolute atomic E-state index is 0.00672. The average Bonchev–Trinajstić information content (AvgIpc) is 2.80. The third-order valence-corrected chi connectivity index (χ3v) is 6.14. The quantitative estimate of drug-likeness (QED) is 0.220. The Balaban J connectivity index is 1.95. The molecule has 2 aromatic rings. The lowest BCUT2D eigenvalue weighted by atomic mass is 9.80. The van der Waals surface area contributed by atoms with E-state index >= 15 is 0 Å². The number of rotatable bonds is 12. The van der Waals surface area contributed by atoms with E-state index in [1.807, 2.05) is 0 Å². The van der Waals surface area contributed by atoms with Crippen LogP contribution in [0.3, 0.4) is 0 Å². The van der Waals surface area contributed by atoms with Gasteiger partial charge in [0.2, 0.25) is 0 Å². The van der Waals surface area contributed by atoms with Gasteiger partial charge in [-0.3, -0.25) is 9.59 Å². The largest absolute Gasteiger partial charge is 0.491 e. The first-order valence-electron chi connectivity index (χ1n) is 12.1. The Bertz CT molecular complexity index is 1000. The summed E-state index contributed by atoms with van der Waals surface area (Å²) >= 11 is 0. The van der Waals surface area contributed by atoms with Crippen molar-refractivity contribution in [1.29, 1.82) is 0 Å². The number of carbonyl (C=O) groups excluding carboxylic acids is 2. The van der Waals surface area contributed by atoms with Crippen LogP contribution in [0.1, 0.15) is 97.1 Å². The van der Waals surface area contributed by atoms with Crippen LogP contribution in [0.4, 0.5) is 22.7 Å². The van der Waals surface area contributed by atoms with Crippen LogP contribution in [0.25, 0.3) is 0 Å². The Kier molecular flexibility index (Phi) is 8.26. The number of nitrogen functional groups attached to an aromatic ring is 4. The van der Waals surface area contributed by atoms with Crippen molar-refractivity contribution >= 4 is 34.3 Å². The number of fused-ring (bicyclic) bond motifs is 2. The van der Waals surface area contributed by atoms with Gasteiger partial charge in [0.1, 0.15) is 11.5 Å². The smallest absolute Gasteiger partial charge is 0.199 e. The van der Waals surface area contributed by atoms with E-state index in [4.69, 9.17) is 32.4 Å². The van der Waals surface area contributed by atoms with Gasteiger partial charge in [-0.15, -0.1) is 0 Å². The molecular formula is C26H36N4O4. The second kappa shape index (κ2) is 11.1. The van der Waals surface area contributed by atoms with Crippen LogP contribution in [-0.2, 0) is 0 Å². The Hall–Kier alpha value is -3.42. The Labute approximate surface area is 201 Å². The predicted octanol–water partition coefficient (Wildman–Crippen LogP) is 4.71. The Morgan fingerprint density at radius 1 is 0.588 bits per heavy atom. The molecule has 0 atom stereocenters. The number of unbranched alkanes of at least 4 members (excludes halogenated alkanes) is 6. The normalized spacial score (nSPS) is 12.4. The van der Waals surface area contributed by atoms with Crippen molar-refractivity contribution in [3.63, 3.8) is 0 Å². The van der Waals surface area contributed by atoms with Crippen molar-refractivity contribution in [2.24, 2.45) is 0 Å². The lowest BCUT2D eigenvalue weighted by molar-refractivity contribution is 0.0981. The van der Waals surface area contributed by atoms with Gasteiger partial charge < -0.3 is 32.4 Å². The summed E-state index contributed by atoms with van der Waals surface area (Å²) in [5.41, 5.74) is 25.5. The molecule has 0 aliphatic heterocycles. The van der Waals surface area contributed by atoms with E-state index in [0.717, 1.165) is 51.4 Å². The minimum Gasteiger partial charge on any atom is -0.491 e. The molecule has 3 rings (SSSR count). The van der Waals surface area contributed by atoms with E-state index < -0.39 is 11.6 Å². The van der Waals surface area contributed by atoms with Crippen LogP contribution in [0.2, 0.25) is 0 Å². The number of hydrogen-bond acceptors (Lipinski definition) is 8. The molecule has 0 radical (unpaired) electrons. The highest BCUT2D eigenvalue weighted by atomic mass is 16.5. The van der Waals surface area contributed by atoms with Crippen molar-refractivity contribution in [3.8, 4) is 11.5 Å². The molecule has 0 bridgehead atoms. The molecule has 0 fully saturated rings. The van der Waals surface area contributed by atoms with E-state index in [9.17, 15) is 9.59 Å². The van der Waals surface area contributed by atoms with Gasteiger partial charge in [-0.2, -0.15) is 0 Å². The SMILES string of the molecule is CCCCCCOc1cc(N)c2c(c1N)C(=O)c1c(N)c(OCCCCCC)cc(N)c1C2=O. The fraction of sp³-hybridized carbons (Fsp3) is 0.462. The van der Waals surface area contributed by atoms with Crippen molar-refractivity contribution in [3.05, 3.63) is 34.4 Å². The highest BCUT2D eigenvalue weighted by molar-refractivity contribution is 6.35. The summed E-state index contributed by atoms with van der Waals surface area (Å²) in [4.78, 5) is 27.0. The first-order chi connectivity index (χ1) is 16.3. The number of benzene rings is 2. The fourth-order valence-corrected chi connectivity index (χ4v) is 4.26. The van der Waals surface area contributed by atoms with E-state index in [1.54, 1.807) is 0 Å². The summed E-state index contributed by atoms with van der Waals surface area (Å²) in [7, 11) is 0. The second-order valence-corrected chi connectivity index (χ2v) is 8.73. The first-order valence-corrected chi connectivity index (χ1v) is 12.1. The predicted molar refractivity (Wildman–Crippen MR) is 137 cm³/mol.